The number of hydrogen-bond acceptors (Lipinski definition) is 7. The minimum Gasteiger partial charge on any atom is -0.465 e. The van der Waals surface area contributed by atoms with Gasteiger partial charge in [0.1, 0.15) is 5.70 Å². The Hall–Kier alpha value is -2.62. The van der Waals surface area contributed by atoms with E-state index in [1.165, 1.54) is 32.3 Å². The van der Waals surface area contributed by atoms with Crippen LogP contribution in [0.25, 0.3) is 0 Å². The summed E-state index contributed by atoms with van der Waals surface area (Å²) in [5.74, 6) is -1.84. The molecule has 26 heavy (non-hydrogen) atoms. The van der Waals surface area contributed by atoms with Crippen molar-refractivity contribution in [3.05, 3.63) is 63.0 Å². The monoisotopic (exact) mass is 469 g/mol. The van der Waals surface area contributed by atoms with E-state index in [1.54, 1.807) is 36.6 Å². The molecule has 0 saturated heterocycles. The van der Waals surface area contributed by atoms with Gasteiger partial charge < -0.3 is 19.1 Å². The van der Waals surface area contributed by atoms with Gasteiger partial charge in [-0.3, -0.25) is 0 Å². The number of nitrogens with zero attached hydrogens (tertiary/aromatic N) is 1. The van der Waals surface area contributed by atoms with Gasteiger partial charge in [0.15, 0.2) is 0 Å². The number of benzene rings is 1. The van der Waals surface area contributed by atoms with Crippen LogP contribution in [-0.4, -0.2) is 39.2 Å². The van der Waals surface area contributed by atoms with Crippen LogP contribution in [-0.2, 0) is 23.8 Å². The quantitative estimate of drug-likeness (QED) is 0.381. The van der Waals surface area contributed by atoms with Crippen molar-refractivity contribution in [1.29, 1.82) is 0 Å². The molecule has 0 fully saturated rings. The molecule has 0 aliphatic carbocycles. The third kappa shape index (κ3) is 3.96. The maximum atomic E-state index is 12.4. The SMILES string of the molecule is COC(=O)C1=C(C(=O)OC)N(c2ccc(C(=O)OC)cc2I)C=CC=C1. The first-order valence-electron chi connectivity index (χ1n) is 7.37. The maximum Gasteiger partial charge on any atom is 0.355 e. The lowest BCUT2D eigenvalue weighted by atomic mass is 10.1. The molecule has 0 aromatic heterocycles. The smallest absolute Gasteiger partial charge is 0.355 e. The third-order valence-electron chi connectivity index (χ3n) is 3.52. The van der Waals surface area contributed by atoms with Crippen molar-refractivity contribution in [3.8, 4) is 0 Å². The van der Waals surface area contributed by atoms with Crippen LogP contribution in [0.4, 0.5) is 5.69 Å². The average Bonchev–Trinajstić information content (AvgIpc) is 2.88. The van der Waals surface area contributed by atoms with Gasteiger partial charge in [-0.2, -0.15) is 0 Å². The van der Waals surface area contributed by atoms with Crippen LogP contribution in [0.5, 0.6) is 0 Å². The highest BCUT2D eigenvalue weighted by molar-refractivity contribution is 14.1. The molecular formula is C18H16INO6. The number of carbonyl (C=O) groups excluding carboxylic acids is 3. The number of halogens is 1. The van der Waals surface area contributed by atoms with E-state index in [-0.39, 0.29) is 11.3 Å². The Morgan fingerprint density at radius 3 is 2.15 bits per heavy atom. The molecule has 0 saturated carbocycles. The molecule has 0 radical (unpaired) electrons. The fraction of sp³-hybridized carbons (Fsp3) is 0.167. The number of anilines is 1. The van der Waals surface area contributed by atoms with E-state index >= 15 is 0 Å². The molecule has 1 heterocycles. The highest BCUT2D eigenvalue weighted by Gasteiger charge is 2.28. The van der Waals surface area contributed by atoms with Gasteiger partial charge in [0.2, 0.25) is 0 Å². The first-order chi connectivity index (χ1) is 12.4. The number of allylic oxidation sites excluding steroid dienone is 2. The number of esters is 3. The molecule has 1 aromatic rings. The molecule has 8 heteroatoms. The molecule has 0 bridgehead atoms. The lowest BCUT2D eigenvalue weighted by Crippen LogP contribution is -2.27. The summed E-state index contributed by atoms with van der Waals surface area (Å²) in [7, 11) is 3.76. The molecule has 0 amide bonds. The molecule has 0 atom stereocenters. The van der Waals surface area contributed by atoms with Gasteiger partial charge in [-0.1, -0.05) is 6.08 Å². The molecule has 1 aliphatic heterocycles. The van der Waals surface area contributed by atoms with Gasteiger partial charge in [0.25, 0.3) is 0 Å². The Morgan fingerprint density at radius 1 is 0.923 bits per heavy atom. The standard InChI is InChI=1S/C18H16INO6/c1-24-16(21)11-7-8-14(13(19)10-11)20-9-5-4-6-12(17(22)25-2)15(20)18(23)26-3/h4-10H,1-3H3. The second kappa shape index (κ2) is 8.65. The third-order valence-corrected chi connectivity index (χ3v) is 4.38. The van der Waals surface area contributed by atoms with E-state index < -0.39 is 17.9 Å². The molecule has 0 N–H and O–H groups in total. The van der Waals surface area contributed by atoms with Gasteiger partial charge >= 0.3 is 17.9 Å². The molecule has 1 aromatic carbocycles. The zero-order chi connectivity index (χ0) is 19.3. The summed E-state index contributed by atoms with van der Waals surface area (Å²) in [4.78, 5) is 37.7. The summed E-state index contributed by atoms with van der Waals surface area (Å²) in [6, 6.07) is 4.85. The van der Waals surface area contributed by atoms with Crippen molar-refractivity contribution >= 4 is 46.2 Å². The van der Waals surface area contributed by atoms with Gasteiger partial charge in [-0.25, -0.2) is 14.4 Å². The predicted octanol–water partition coefficient (Wildman–Crippen LogP) is 2.57. The van der Waals surface area contributed by atoms with Crippen molar-refractivity contribution in [2.75, 3.05) is 26.2 Å². The fourth-order valence-corrected chi connectivity index (χ4v) is 3.07. The Bertz CT molecular complexity index is 840. The van der Waals surface area contributed by atoms with Crippen LogP contribution in [0.2, 0.25) is 0 Å². The molecule has 0 spiro atoms. The highest BCUT2D eigenvalue weighted by atomic mass is 127. The molecule has 0 unspecified atom stereocenters. The topological polar surface area (TPSA) is 82.1 Å². The van der Waals surface area contributed by atoms with Crippen LogP contribution in [0.3, 0.4) is 0 Å². The second-order valence-corrected chi connectivity index (χ2v) is 6.14. The van der Waals surface area contributed by atoms with E-state index in [0.717, 1.165) is 0 Å². The lowest BCUT2D eigenvalue weighted by Gasteiger charge is -2.24. The Labute approximate surface area is 164 Å². The minimum absolute atomic E-state index is 0.00749. The van der Waals surface area contributed by atoms with E-state index in [0.29, 0.717) is 14.8 Å². The summed E-state index contributed by atoms with van der Waals surface area (Å²) >= 11 is 2.04. The van der Waals surface area contributed by atoms with Crippen LogP contribution >= 0.6 is 22.6 Å². The summed E-state index contributed by atoms with van der Waals surface area (Å²) < 4.78 is 15.0. The zero-order valence-electron chi connectivity index (χ0n) is 14.3. The number of carbonyl (C=O) groups is 3. The Balaban J connectivity index is 2.63. The molecule has 7 nitrogen and oxygen atoms in total. The number of rotatable bonds is 4. The molecule has 136 valence electrons. The van der Waals surface area contributed by atoms with Crippen molar-refractivity contribution < 1.29 is 28.6 Å². The molecule has 2 rings (SSSR count). The van der Waals surface area contributed by atoms with Crippen molar-refractivity contribution in [1.82, 2.24) is 0 Å². The highest BCUT2D eigenvalue weighted by Crippen LogP contribution is 2.31. The first kappa shape index (κ1) is 19.7. The van der Waals surface area contributed by atoms with Gasteiger partial charge in [-0.05, 0) is 52.9 Å². The average molecular weight is 469 g/mol. The minimum atomic E-state index is -0.700. The zero-order valence-corrected chi connectivity index (χ0v) is 16.5. The second-order valence-electron chi connectivity index (χ2n) is 4.97. The molecular weight excluding hydrogens is 453 g/mol. The fourth-order valence-electron chi connectivity index (χ4n) is 2.30. The van der Waals surface area contributed by atoms with Crippen molar-refractivity contribution in [2.24, 2.45) is 0 Å². The van der Waals surface area contributed by atoms with Crippen molar-refractivity contribution in [2.45, 2.75) is 0 Å². The summed E-state index contributed by atoms with van der Waals surface area (Å²) in [5.41, 5.74) is 1.01. The van der Waals surface area contributed by atoms with Crippen LogP contribution < -0.4 is 4.90 Å². The summed E-state index contributed by atoms with van der Waals surface area (Å²) in [6.07, 6.45) is 6.38. The Morgan fingerprint density at radius 2 is 1.58 bits per heavy atom. The normalized spacial score (nSPS) is 13.3. The molecule has 1 aliphatic rings. The number of ether oxygens (including phenoxy) is 3. The summed E-state index contributed by atoms with van der Waals surface area (Å²) in [5, 5.41) is 0. The Kier molecular flexibility index (Phi) is 6.56. The largest absolute Gasteiger partial charge is 0.465 e. The lowest BCUT2D eigenvalue weighted by molar-refractivity contribution is -0.139. The van der Waals surface area contributed by atoms with Gasteiger partial charge in [-0.15, -0.1) is 0 Å². The van der Waals surface area contributed by atoms with E-state index in [1.807, 2.05) is 22.6 Å². The van der Waals surface area contributed by atoms with Gasteiger partial charge in [0, 0.05) is 9.77 Å². The van der Waals surface area contributed by atoms with Crippen molar-refractivity contribution in [3.63, 3.8) is 0 Å². The van der Waals surface area contributed by atoms with E-state index in [2.05, 4.69) is 0 Å². The van der Waals surface area contributed by atoms with Gasteiger partial charge in [0.05, 0.1) is 38.2 Å². The number of methoxy groups -OCH3 is 3. The first-order valence-corrected chi connectivity index (χ1v) is 8.45. The van der Waals surface area contributed by atoms with Crippen LogP contribution in [0.1, 0.15) is 10.4 Å². The maximum absolute atomic E-state index is 12.4. The predicted molar refractivity (Wildman–Crippen MR) is 102 cm³/mol. The van der Waals surface area contributed by atoms with Crippen LogP contribution in [0.15, 0.2) is 53.9 Å². The van der Waals surface area contributed by atoms with E-state index in [4.69, 9.17) is 14.2 Å². The number of hydrogen-bond donors (Lipinski definition) is 0. The van der Waals surface area contributed by atoms with E-state index in [9.17, 15) is 14.4 Å². The summed E-state index contributed by atoms with van der Waals surface area (Å²) in [6.45, 7) is 0. The van der Waals surface area contributed by atoms with Crippen LogP contribution in [0, 0.1) is 3.57 Å².